The van der Waals surface area contributed by atoms with Crippen molar-refractivity contribution in [3.8, 4) is 0 Å². The van der Waals surface area contributed by atoms with Crippen molar-refractivity contribution in [3.63, 3.8) is 0 Å². The first-order chi connectivity index (χ1) is 4.63. The van der Waals surface area contributed by atoms with Crippen LogP contribution in [0.25, 0.3) is 0 Å². The van der Waals surface area contributed by atoms with E-state index in [1.807, 2.05) is 0 Å². The average Bonchev–Trinajstić information content (AvgIpc) is 2.14. The molecule has 1 heterocycles. The first-order valence-electron chi connectivity index (χ1n) is 2.44. The molecule has 10 heavy (non-hydrogen) atoms. The van der Waals surface area contributed by atoms with E-state index in [0.717, 1.165) is 11.5 Å². The molecule has 0 aliphatic heterocycles. The number of aromatic nitrogens is 1. The molecule has 0 radical (unpaired) electrons. The van der Waals surface area contributed by atoms with Gasteiger partial charge in [-0.3, -0.25) is 4.79 Å². The van der Waals surface area contributed by atoms with E-state index in [2.05, 4.69) is 4.37 Å². The summed E-state index contributed by atoms with van der Waals surface area (Å²) in [5, 5.41) is 0.469. The van der Waals surface area contributed by atoms with Crippen LogP contribution in [-0.4, -0.2) is 10.2 Å². The number of nitrogens with zero attached hydrogens (tertiary/aromatic N) is 1. The van der Waals surface area contributed by atoms with Crippen molar-refractivity contribution in [3.05, 3.63) is 15.1 Å². The van der Waals surface area contributed by atoms with Crippen LogP contribution < -0.4 is 0 Å². The van der Waals surface area contributed by atoms with Crippen LogP contribution in [0.5, 0.6) is 0 Å². The lowest BCUT2D eigenvalue weighted by Gasteiger charge is -1.85. The Hall–Kier alpha value is -0.120. The van der Waals surface area contributed by atoms with Crippen LogP contribution in [-0.2, 0) is 0 Å². The zero-order valence-electron chi connectivity index (χ0n) is 5.02. The van der Waals surface area contributed by atoms with Gasteiger partial charge in [0.1, 0.15) is 9.90 Å². The maximum absolute atomic E-state index is 10.7. The normalized spacial score (nSPS) is 9.90. The highest BCUT2D eigenvalue weighted by molar-refractivity contribution is 7.09. The number of hydrogen-bond acceptors (Lipinski definition) is 3. The summed E-state index contributed by atoms with van der Waals surface area (Å²) < 4.78 is 3.69. The number of carbonyl (C=O) groups excluding carboxylic acids is 1. The molecule has 0 spiro atoms. The molecule has 5 heteroatoms. The van der Waals surface area contributed by atoms with E-state index >= 15 is 0 Å². The fourth-order valence-electron chi connectivity index (χ4n) is 0.478. The second-order valence-electron chi connectivity index (χ2n) is 1.67. The predicted molar refractivity (Wildman–Crippen MR) is 42.1 cm³/mol. The van der Waals surface area contributed by atoms with Crippen molar-refractivity contribution in [1.82, 2.24) is 4.37 Å². The van der Waals surface area contributed by atoms with Gasteiger partial charge < -0.3 is 0 Å². The summed E-state index contributed by atoms with van der Waals surface area (Å²) in [7, 11) is 0. The minimum absolute atomic E-state index is 0.102. The molecule has 0 aliphatic carbocycles. The molecular formula is C5H3Cl2NOS. The third-order valence-corrected chi connectivity index (χ3v) is 2.82. The van der Waals surface area contributed by atoms with Crippen molar-refractivity contribution >= 4 is 40.5 Å². The van der Waals surface area contributed by atoms with Crippen LogP contribution in [0, 0.1) is 0 Å². The molecule has 0 fully saturated rings. The maximum atomic E-state index is 10.7. The molecule has 0 amide bonds. The van der Waals surface area contributed by atoms with Crippen molar-refractivity contribution in [2.24, 2.45) is 0 Å². The van der Waals surface area contributed by atoms with Gasteiger partial charge >= 0.3 is 0 Å². The summed E-state index contributed by atoms with van der Waals surface area (Å²) in [5.41, 5.74) is 0. The van der Waals surface area contributed by atoms with Gasteiger partial charge in [0.25, 0.3) is 0 Å². The van der Waals surface area contributed by atoms with Gasteiger partial charge in [-0.1, -0.05) is 23.2 Å². The lowest BCUT2D eigenvalue weighted by atomic mass is 10.4. The van der Waals surface area contributed by atoms with Crippen LogP contribution in [0.4, 0.5) is 0 Å². The molecule has 0 aliphatic rings. The van der Waals surface area contributed by atoms with Gasteiger partial charge in [0.15, 0.2) is 10.9 Å². The molecule has 0 aromatic carbocycles. The summed E-state index contributed by atoms with van der Waals surface area (Å²) in [4.78, 5) is 11.1. The van der Waals surface area contributed by atoms with E-state index in [1.54, 1.807) is 0 Å². The number of halogens is 2. The summed E-state index contributed by atoms with van der Waals surface area (Å²) in [6, 6.07) is 0. The molecule has 0 bridgehead atoms. The molecule has 0 saturated carbocycles. The van der Waals surface area contributed by atoms with Crippen molar-refractivity contribution in [2.75, 3.05) is 0 Å². The SMILES string of the molecule is CC(=O)c1snc(Cl)c1Cl. The monoisotopic (exact) mass is 195 g/mol. The zero-order chi connectivity index (χ0) is 7.72. The van der Waals surface area contributed by atoms with E-state index in [-0.39, 0.29) is 16.0 Å². The van der Waals surface area contributed by atoms with Crippen LogP contribution in [0.1, 0.15) is 16.6 Å². The Morgan fingerprint density at radius 1 is 1.60 bits per heavy atom. The highest BCUT2D eigenvalue weighted by atomic mass is 35.5. The summed E-state index contributed by atoms with van der Waals surface area (Å²) in [6.45, 7) is 1.43. The second kappa shape index (κ2) is 2.86. The number of rotatable bonds is 1. The standard InChI is InChI=1S/C5H3Cl2NOS/c1-2(9)4-3(6)5(7)8-10-4/h1H3. The topological polar surface area (TPSA) is 30.0 Å². The fraction of sp³-hybridized carbons (Fsp3) is 0.200. The lowest BCUT2D eigenvalue weighted by Crippen LogP contribution is -1.85. The summed E-state index contributed by atoms with van der Waals surface area (Å²) in [5.74, 6) is -0.102. The zero-order valence-corrected chi connectivity index (χ0v) is 7.35. The van der Waals surface area contributed by atoms with E-state index < -0.39 is 0 Å². The Kier molecular flexibility index (Phi) is 2.28. The Morgan fingerprint density at radius 3 is 2.40 bits per heavy atom. The van der Waals surface area contributed by atoms with Gasteiger partial charge in [0.05, 0.1) is 0 Å². The Morgan fingerprint density at radius 2 is 2.20 bits per heavy atom. The second-order valence-corrected chi connectivity index (χ2v) is 3.18. The largest absolute Gasteiger partial charge is 0.293 e. The minimum atomic E-state index is -0.102. The third-order valence-electron chi connectivity index (χ3n) is 0.917. The molecular weight excluding hydrogens is 193 g/mol. The van der Waals surface area contributed by atoms with Gasteiger partial charge in [-0.2, -0.15) is 4.37 Å². The van der Waals surface area contributed by atoms with Gasteiger partial charge in [-0.15, -0.1) is 0 Å². The Labute approximate surface area is 71.9 Å². The predicted octanol–water partition coefficient (Wildman–Crippen LogP) is 2.65. The lowest BCUT2D eigenvalue weighted by molar-refractivity contribution is 0.102. The first kappa shape index (κ1) is 7.98. The van der Waals surface area contributed by atoms with Crippen LogP contribution >= 0.6 is 34.7 Å². The molecule has 0 N–H and O–H groups in total. The van der Waals surface area contributed by atoms with E-state index in [9.17, 15) is 4.79 Å². The summed E-state index contributed by atoms with van der Waals surface area (Å²) in [6.07, 6.45) is 0. The number of Topliss-reactive ketones (excluding diaryl/α,β-unsaturated/α-hetero) is 1. The maximum Gasteiger partial charge on any atom is 0.172 e. The Bertz CT molecular complexity index is 271. The van der Waals surface area contributed by atoms with Crippen LogP contribution in [0.15, 0.2) is 0 Å². The van der Waals surface area contributed by atoms with Crippen LogP contribution in [0.2, 0.25) is 10.2 Å². The minimum Gasteiger partial charge on any atom is -0.293 e. The van der Waals surface area contributed by atoms with E-state index in [0.29, 0.717) is 4.88 Å². The number of hydrogen-bond donors (Lipinski definition) is 0. The number of carbonyl (C=O) groups is 1. The third kappa shape index (κ3) is 1.31. The highest BCUT2D eigenvalue weighted by Gasteiger charge is 2.12. The molecule has 0 atom stereocenters. The van der Waals surface area contributed by atoms with Gasteiger partial charge in [0.2, 0.25) is 0 Å². The smallest absolute Gasteiger partial charge is 0.172 e. The van der Waals surface area contributed by atoms with Crippen molar-refractivity contribution in [2.45, 2.75) is 6.92 Å². The molecule has 1 rings (SSSR count). The molecule has 1 aromatic rings. The summed E-state index contributed by atoms with van der Waals surface area (Å²) >= 11 is 12.1. The molecule has 2 nitrogen and oxygen atoms in total. The van der Waals surface area contributed by atoms with Crippen molar-refractivity contribution in [1.29, 1.82) is 0 Å². The van der Waals surface area contributed by atoms with Gasteiger partial charge in [-0.25, -0.2) is 0 Å². The highest BCUT2D eigenvalue weighted by Crippen LogP contribution is 2.28. The first-order valence-corrected chi connectivity index (χ1v) is 3.97. The van der Waals surface area contributed by atoms with Crippen molar-refractivity contribution < 1.29 is 4.79 Å². The quantitative estimate of drug-likeness (QED) is 0.646. The Balaban J connectivity index is 3.17. The fourth-order valence-corrected chi connectivity index (χ4v) is 1.63. The molecule has 0 unspecified atom stereocenters. The number of ketones is 1. The van der Waals surface area contributed by atoms with Gasteiger partial charge in [-0.05, 0) is 11.5 Å². The molecule has 1 aromatic heterocycles. The molecule has 0 saturated heterocycles. The van der Waals surface area contributed by atoms with E-state index in [1.165, 1.54) is 6.92 Å². The molecule has 54 valence electrons. The van der Waals surface area contributed by atoms with Gasteiger partial charge in [0, 0.05) is 6.92 Å². The van der Waals surface area contributed by atoms with E-state index in [4.69, 9.17) is 23.2 Å². The average molecular weight is 196 g/mol. The van der Waals surface area contributed by atoms with Crippen LogP contribution in [0.3, 0.4) is 0 Å².